The van der Waals surface area contributed by atoms with Gasteiger partial charge in [-0.1, -0.05) is 23.7 Å². The number of rotatable bonds is 4. The average molecular weight is 380 g/mol. The molecule has 0 unspecified atom stereocenters. The minimum absolute atomic E-state index is 0.288. The first-order valence-corrected chi connectivity index (χ1v) is 8.01. The molecule has 0 aliphatic carbocycles. The maximum atomic E-state index is 13.1. The molecule has 10 heteroatoms. The van der Waals surface area contributed by atoms with Gasteiger partial charge in [-0.2, -0.15) is 21.6 Å². The Kier molecular flexibility index (Phi) is 4.77. The van der Waals surface area contributed by atoms with Crippen molar-refractivity contribution in [3.8, 4) is 5.75 Å². The van der Waals surface area contributed by atoms with Gasteiger partial charge in [0.15, 0.2) is 5.75 Å². The molecule has 0 saturated heterocycles. The van der Waals surface area contributed by atoms with Gasteiger partial charge in [0.2, 0.25) is 0 Å². The summed E-state index contributed by atoms with van der Waals surface area (Å²) in [4.78, 5) is 10.1. The van der Waals surface area contributed by atoms with E-state index in [0.29, 0.717) is 12.1 Å². The molecule has 1 amide bonds. The molecule has 0 heterocycles. The van der Waals surface area contributed by atoms with Crippen molar-refractivity contribution < 1.29 is 30.6 Å². The standard InChI is InChI=1S/C14H9ClF3NO4S/c15-8-5-6-12(10(7-8)14(16,17)18)24(21,22)23-11-4-2-1-3-9(11)13(19)20/h1-7H,(H2,19,20). The molecule has 128 valence electrons. The Labute approximate surface area is 139 Å². The van der Waals surface area contributed by atoms with Crippen LogP contribution in [0.2, 0.25) is 5.02 Å². The molecule has 2 aromatic carbocycles. The topological polar surface area (TPSA) is 86.5 Å². The van der Waals surface area contributed by atoms with E-state index in [4.69, 9.17) is 17.3 Å². The number of primary amides is 1. The monoisotopic (exact) mass is 379 g/mol. The number of amides is 1. The third-order valence-corrected chi connectivity index (χ3v) is 4.40. The van der Waals surface area contributed by atoms with Crippen molar-refractivity contribution in [1.82, 2.24) is 0 Å². The summed E-state index contributed by atoms with van der Waals surface area (Å²) in [6.45, 7) is 0. The van der Waals surface area contributed by atoms with Crippen molar-refractivity contribution >= 4 is 27.6 Å². The van der Waals surface area contributed by atoms with Crippen molar-refractivity contribution in [1.29, 1.82) is 0 Å². The Bertz CT molecular complexity index is 897. The molecule has 2 rings (SSSR count). The Morgan fingerprint density at radius 2 is 1.75 bits per heavy atom. The fourth-order valence-electron chi connectivity index (χ4n) is 1.85. The number of benzene rings is 2. The molecule has 0 bridgehead atoms. The van der Waals surface area contributed by atoms with Crippen molar-refractivity contribution in [3.63, 3.8) is 0 Å². The molecule has 2 N–H and O–H groups in total. The highest BCUT2D eigenvalue weighted by Crippen LogP contribution is 2.37. The van der Waals surface area contributed by atoms with Crippen molar-refractivity contribution in [3.05, 3.63) is 58.6 Å². The number of carbonyl (C=O) groups excluding carboxylic acids is 1. The molecule has 0 radical (unpaired) electrons. The van der Waals surface area contributed by atoms with E-state index in [2.05, 4.69) is 4.18 Å². The largest absolute Gasteiger partial charge is 0.417 e. The van der Waals surface area contributed by atoms with E-state index in [1.54, 1.807) is 0 Å². The lowest BCUT2D eigenvalue weighted by Crippen LogP contribution is -2.19. The molecule has 0 aromatic heterocycles. The predicted molar refractivity (Wildman–Crippen MR) is 79.2 cm³/mol. The summed E-state index contributed by atoms with van der Waals surface area (Å²) in [7, 11) is -4.89. The van der Waals surface area contributed by atoms with E-state index in [1.807, 2.05) is 0 Å². The van der Waals surface area contributed by atoms with Gasteiger partial charge >= 0.3 is 16.3 Å². The van der Waals surface area contributed by atoms with Crippen LogP contribution >= 0.6 is 11.6 Å². The zero-order valence-corrected chi connectivity index (χ0v) is 13.2. The zero-order valence-electron chi connectivity index (χ0n) is 11.7. The van der Waals surface area contributed by atoms with Gasteiger partial charge < -0.3 is 9.92 Å². The fraction of sp³-hybridized carbons (Fsp3) is 0.0714. The molecule has 5 nitrogen and oxygen atoms in total. The average Bonchev–Trinajstić information content (AvgIpc) is 2.45. The highest BCUT2D eigenvalue weighted by Gasteiger charge is 2.38. The molecule has 0 saturated carbocycles. The van der Waals surface area contributed by atoms with Gasteiger partial charge in [-0.25, -0.2) is 0 Å². The van der Waals surface area contributed by atoms with Gasteiger partial charge in [0.1, 0.15) is 4.90 Å². The molecular weight excluding hydrogens is 371 g/mol. The number of alkyl halides is 3. The van der Waals surface area contributed by atoms with Crippen LogP contribution in [0.3, 0.4) is 0 Å². The lowest BCUT2D eigenvalue weighted by atomic mass is 10.2. The van der Waals surface area contributed by atoms with Gasteiger partial charge in [0.05, 0.1) is 11.1 Å². The first-order chi connectivity index (χ1) is 11.0. The second kappa shape index (κ2) is 6.33. The first-order valence-electron chi connectivity index (χ1n) is 6.22. The second-order valence-corrected chi connectivity index (χ2v) is 6.49. The first kappa shape index (κ1) is 18.1. The summed E-state index contributed by atoms with van der Waals surface area (Å²) in [6, 6.07) is 7.13. The predicted octanol–water partition coefficient (Wildman–Crippen LogP) is 3.23. The van der Waals surface area contributed by atoms with E-state index >= 15 is 0 Å². The summed E-state index contributed by atoms with van der Waals surface area (Å²) in [5, 5.41) is -0.293. The van der Waals surface area contributed by atoms with Crippen LogP contribution in [0.5, 0.6) is 5.75 Å². The van der Waals surface area contributed by atoms with Crippen LogP contribution in [-0.4, -0.2) is 14.3 Å². The molecule has 0 aliphatic heterocycles. The van der Waals surface area contributed by atoms with Gasteiger partial charge in [0.25, 0.3) is 5.91 Å². The Hall–Kier alpha value is -2.26. The smallest absolute Gasteiger partial charge is 0.378 e. The Balaban J connectivity index is 2.56. The van der Waals surface area contributed by atoms with Crippen LogP contribution in [0.25, 0.3) is 0 Å². The molecule has 0 aliphatic rings. The van der Waals surface area contributed by atoms with Gasteiger partial charge in [0, 0.05) is 5.02 Å². The minimum Gasteiger partial charge on any atom is -0.378 e. The van der Waals surface area contributed by atoms with Crippen LogP contribution in [0.1, 0.15) is 15.9 Å². The molecule has 0 fully saturated rings. The molecular formula is C14H9ClF3NO4S. The fourth-order valence-corrected chi connectivity index (χ4v) is 3.17. The SMILES string of the molecule is NC(=O)c1ccccc1OS(=O)(=O)c1ccc(Cl)cc1C(F)(F)F. The van der Waals surface area contributed by atoms with Crippen LogP contribution < -0.4 is 9.92 Å². The summed E-state index contributed by atoms with van der Waals surface area (Å²) >= 11 is 5.50. The van der Waals surface area contributed by atoms with Crippen molar-refractivity contribution in [2.75, 3.05) is 0 Å². The van der Waals surface area contributed by atoms with Crippen LogP contribution in [0.4, 0.5) is 13.2 Å². The van der Waals surface area contributed by atoms with Crippen molar-refractivity contribution in [2.24, 2.45) is 5.73 Å². The van der Waals surface area contributed by atoms with Crippen molar-refractivity contribution in [2.45, 2.75) is 11.1 Å². The number of para-hydroxylation sites is 1. The van der Waals surface area contributed by atoms with E-state index in [9.17, 15) is 26.4 Å². The minimum atomic E-state index is -4.97. The molecule has 0 atom stereocenters. The second-order valence-electron chi connectivity index (χ2n) is 4.54. The van der Waals surface area contributed by atoms with Gasteiger partial charge in [-0.05, 0) is 30.3 Å². The number of hydrogen-bond donors (Lipinski definition) is 1. The van der Waals surface area contributed by atoms with E-state index in [1.165, 1.54) is 18.2 Å². The normalized spacial score (nSPS) is 12.0. The molecule has 24 heavy (non-hydrogen) atoms. The lowest BCUT2D eigenvalue weighted by molar-refractivity contribution is -0.139. The number of carbonyl (C=O) groups is 1. The number of halogens is 4. The summed E-state index contributed by atoms with van der Waals surface area (Å²) < 4.78 is 68.3. The highest BCUT2D eigenvalue weighted by molar-refractivity contribution is 7.87. The zero-order chi connectivity index (χ0) is 18.1. The van der Waals surface area contributed by atoms with Crippen LogP contribution in [-0.2, 0) is 16.3 Å². The molecule has 2 aromatic rings. The Morgan fingerprint density at radius 1 is 1.12 bits per heavy atom. The summed E-state index contributed by atoms with van der Waals surface area (Å²) in [6.07, 6.45) is -4.97. The summed E-state index contributed by atoms with van der Waals surface area (Å²) in [5.74, 6) is -1.47. The van der Waals surface area contributed by atoms with Crippen LogP contribution in [0.15, 0.2) is 47.4 Å². The maximum Gasteiger partial charge on any atom is 0.417 e. The lowest BCUT2D eigenvalue weighted by Gasteiger charge is -2.15. The van der Waals surface area contributed by atoms with E-state index < -0.39 is 38.4 Å². The highest BCUT2D eigenvalue weighted by atomic mass is 35.5. The number of nitrogens with two attached hydrogens (primary N) is 1. The van der Waals surface area contributed by atoms with E-state index in [-0.39, 0.29) is 10.6 Å². The van der Waals surface area contributed by atoms with Gasteiger partial charge in [-0.3, -0.25) is 4.79 Å². The third-order valence-electron chi connectivity index (χ3n) is 2.87. The third kappa shape index (κ3) is 3.80. The number of hydrogen-bond acceptors (Lipinski definition) is 4. The maximum absolute atomic E-state index is 13.1. The van der Waals surface area contributed by atoms with E-state index in [0.717, 1.165) is 12.1 Å². The Morgan fingerprint density at radius 3 is 2.33 bits per heavy atom. The summed E-state index contributed by atoms with van der Waals surface area (Å²) in [5.41, 5.74) is 3.31. The quantitative estimate of drug-likeness (QED) is 0.826. The van der Waals surface area contributed by atoms with Crippen LogP contribution in [0, 0.1) is 0 Å². The molecule has 0 spiro atoms. The van der Waals surface area contributed by atoms with Gasteiger partial charge in [-0.15, -0.1) is 0 Å².